The zero-order valence-electron chi connectivity index (χ0n) is 27.4. The summed E-state index contributed by atoms with van der Waals surface area (Å²) in [6, 6.07) is 43.3. The Kier molecular flexibility index (Phi) is 7.70. The van der Waals surface area contributed by atoms with Crippen LogP contribution in [0.25, 0.3) is 34.4 Å². The first kappa shape index (κ1) is 29.3. The van der Waals surface area contributed by atoms with Crippen molar-refractivity contribution in [1.82, 2.24) is 0 Å². The van der Waals surface area contributed by atoms with Gasteiger partial charge in [0.15, 0.2) is 0 Å². The van der Waals surface area contributed by atoms with E-state index in [0.29, 0.717) is 11.8 Å². The van der Waals surface area contributed by atoms with E-state index in [9.17, 15) is 0 Å². The number of benzene rings is 5. The van der Waals surface area contributed by atoms with Crippen LogP contribution in [0, 0.1) is 5.41 Å². The fourth-order valence-electron chi connectivity index (χ4n) is 7.48. The molecule has 0 fully saturated rings. The largest absolute Gasteiger partial charge is 0.0622 e. The Morgan fingerprint density at radius 1 is 0.511 bits per heavy atom. The second-order valence-corrected chi connectivity index (χ2v) is 14.0. The first-order valence-electron chi connectivity index (χ1n) is 16.7. The second kappa shape index (κ2) is 11.8. The molecule has 0 aliphatic heterocycles. The average molecular weight is 585 g/mol. The molecule has 7 rings (SSSR count). The summed E-state index contributed by atoms with van der Waals surface area (Å²) in [5, 5.41) is 0. The van der Waals surface area contributed by atoms with Crippen LogP contribution in [0.15, 0.2) is 126 Å². The van der Waals surface area contributed by atoms with Gasteiger partial charge in [-0.15, -0.1) is 0 Å². The van der Waals surface area contributed by atoms with E-state index in [1.807, 2.05) is 0 Å². The summed E-state index contributed by atoms with van der Waals surface area (Å²) in [6.45, 7) is 11.6. The van der Waals surface area contributed by atoms with Gasteiger partial charge < -0.3 is 0 Å². The number of rotatable bonds is 8. The van der Waals surface area contributed by atoms with E-state index in [1.165, 1.54) is 72.3 Å². The summed E-state index contributed by atoms with van der Waals surface area (Å²) in [7, 11) is 0. The van der Waals surface area contributed by atoms with Crippen molar-refractivity contribution in [2.24, 2.45) is 5.41 Å². The molecule has 2 aliphatic rings. The molecule has 0 aromatic heterocycles. The van der Waals surface area contributed by atoms with Crippen LogP contribution in [0.5, 0.6) is 0 Å². The highest BCUT2D eigenvalue weighted by Gasteiger charge is 2.38. The predicted molar refractivity (Wildman–Crippen MR) is 194 cm³/mol. The van der Waals surface area contributed by atoms with Crippen molar-refractivity contribution in [2.45, 2.75) is 65.7 Å². The molecule has 45 heavy (non-hydrogen) atoms. The average Bonchev–Trinajstić information content (AvgIpc) is 3.71. The zero-order valence-corrected chi connectivity index (χ0v) is 27.4. The molecular formula is C45H44. The Labute approximate surface area is 270 Å². The van der Waals surface area contributed by atoms with Gasteiger partial charge in [-0.3, -0.25) is 0 Å². The number of hydrogen-bond donors (Lipinski definition) is 0. The van der Waals surface area contributed by atoms with Gasteiger partial charge in [0.2, 0.25) is 0 Å². The highest BCUT2D eigenvalue weighted by atomic mass is 14.4. The molecule has 2 aliphatic carbocycles. The third-order valence-corrected chi connectivity index (χ3v) is 10.4. The van der Waals surface area contributed by atoms with Gasteiger partial charge in [0.1, 0.15) is 0 Å². The summed E-state index contributed by atoms with van der Waals surface area (Å²) < 4.78 is 0. The van der Waals surface area contributed by atoms with E-state index in [2.05, 4.69) is 162 Å². The van der Waals surface area contributed by atoms with Crippen LogP contribution < -0.4 is 0 Å². The van der Waals surface area contributed by atoms with Crippen molar-refractivity contribution in [3.63, 3.8) is 0 Å². The van der Waals surface area contributed by atoms with E-state index in [0.717, 1.165) is 19.3 Å². The van der Waals surface area contributed by atoms with E-state index in [-0.39, 0.29) is 5.41 Å². The van der Waals surface area contributed by atoms with Crippen LogP contribution in [0.4, 0.5) is 0 Å². The van der Waals surface area contributed by atoms with Crippen molar-refractivity contribution < 1.29 is 0 Å². The molecule has 0 saturated heterocycles. The quantitative estimate of drug-likeness (QED) is 0.170. The molecule has 0 radical (unpaired) electrons. The maximum atomic E-state index is 2.54. The lowest BCUT2D eigenvalue weighted by atomic mass is 9.70. The molecule has 0 N–H and O–H groups in total. The van der Waals surface area contributed by atoms with E-state index in [1.54, 1.807) is 0 Å². The van der Waals surface area contributed by atoms with Crippen LogP contribution in [0.2, 0.25) is 0 Å². The molecule has 0 atom stereocenters. The van der Waals surface area contributed by atoms with Gasteiger partial charge >= 0.3 is 0 Å². The number of allylic oxidation sites excluding steroid dienone is 2. The standard InChI is InChI=1S/C45H44/c1-30(2)33-17-21-35(22-18-33)41-15-9-13-37-25-39(27-43(37)41)45(5,29-32-11-7-6-8-12-32)40-26-38-14-10-16-42(44(38)28-40)36-23-19-34(20-24-36)31(3)4/h6-24,27-28,30-31H,25-26,29H2,1-5H3. The highest BCUT2D eigenvalue weighted by Crippen LogP contribution is 2.50. The van der Waals surface area contributed by atoms with Crippen LogP contribution in [-0.2, 0) is 19.3 Å². The van der Waals surface area contributed by atoms with Gasteiger partial charge in [-0.2, -0.15) is 0 Å². The fourth-order valence-corrected chi connectivity index (χ4v) is 7.48. The summed E-state index contributed by atoms with van der Waals surface area (Å²) in [4.78, 5) is 0. The molecule has 0 spiro atoms. The van der Waals surface area contributed by atoms with Crippen LogP contribution in [0.3, 0.4) is 0 Å². The maximum absolute atomic E-state index is 2.54. The van der Waals surface area contributed by atoms with Crippen LogP contribution in [0.1, 0.15) is 85.4 Å². The molecular weight excluding hydrogens is 540 g/mol. The lowest BCUT2D eigenvalue weighted by Crippen LogP contribution is -2.25. The third-order valence-electron chi connectivity index (χ3n) is 10.4. The Bertz CT molecular complexity index is 1780. The molecule has 0 amide bonds. The molecule has 0 heteroatoms. The molecule has 224 valence electrons. The van der Waals surface area contributed by atoms with Crippen molar-refractivity contribution in [3.8, 4) is 22.3 Å². The molecule has 0 nitrogen and oxygen atoms in total. The Morgan fingerprint density at radius 3 is 1.38 bits per heavy atom. The lowest BCUT2D eigenvalue weighted by molar-refractivity contribution is 0.466. The van der Waals surface area contributed by atoms with Gasteiger partial charge in [0.05, 0.1) is 0 Å². The number of hydrogen-bond acceptors (Lipinski definition) is 0. The topological polar surface area (TPSA) is 0 Å². The third kappa shape index (κ3) is 5.53. The van der Waals surface area contributed by atoms with Crippen molar-refractivity contribution >= 4 is 12.2 Å². The van der Waals surface area contributed by atoms with Gasteiger partial charge in [-0.25, -0.2) is 0 Å². The first-order chi connectivity index (χ1) is 21.8. The highest BCUT2D eigenvalue weighted by molar-refractivity contribution is 5.84. The minimum absolute atomic E-state index is 0.100. The normalized spacial score (nSPS) is 14.0. The van der Waals surface area contributed by atoms with Gasteiger partial charge in [-0.1, -0.05) is 173 Å². The maximum Gasteiger partial charge on any atom is 0.0146 e. The SMILES string of the molecule is CC(C)c1ccc(-c2cccc3c2C=C(C(C)(Cc2ccccc2)C2=Cc4c(cccc4-c4ccc(C(C)C)cc4)C2)C3)cc1. The molecule has 5 aromatic carbocycles. The van der Waals surface area contributed by atoms with E-state index in [4.69, 9.17) is 0 Å². The molecule has 0 unspecified atom stereocenters. The van der Waals surface area contributed by atoms with E-state index >= 15 is 0 Å². The summed E-state index contributed by atoms with van der Waals surface area (Å²) in [5.74, 6) is 1.07. The summed E-state index contributed by atoms with van der Waals surface area (Å²) in [5.41, 5.74) is 18.1. The van der Waals surface area contributed by atoms with Gasteiger partial charge in [-0.05, 0) is 92.3 Å². The molecule has 0 bridgehead atoms. The molecule has 0 saturated carbocycles. The lowest BCUT2D eigenvalue weighted by Gasteiger charge is -2.34. The minimum Gasteiger partial charge on any atom is -0.0622 e. The van der Waals surface area contributed by atoms with Crippen molar-refractivity contribution in [3.05, 3.63) is 165 Å². The fraction of sp³-hybridized carbons (Fsp3) is 0.244. The van der Waals surface area contributed by atoms with Crippen LogP contribution >= 0.6 is 0 Å². The second-order valence-electron chi connectivity index (χ2n) is 14.0. The first-order valence-corrected chi connectivity index (χ1v) is 16.7. The van der Waals surface area contributed by atoms with Crippen molar-refractivity contribution in [1.29, 1.82) is 0 Å². The number of fused-ring (bicyclic) bond motifs is 2. The smallest absolute Gasteiger partial charge is 0.0146 e. The monoisotopic (exact) mass is 584 g/mol. The van der Waals surface area contributed by atoms with Gasteiger partial charge in [0, 0.05) is 5.41 Å². The van der Waals surface area contributed by atoms with Crippen LogP contribution in [-0.4, -0.2) is 0 Å². The Hall–Kier alpha value is -4.42. The summed E-state index contributed by atoms with van der Waals surface area (Å²) >= 11 is 0. The molecule has 0 heterocycles. The Morgan fingerprint density at radius 2 is 0.956 bits per heavy atom. The van der Waals surface area contributed by atoms with Gasteiger partial charge in [0.25, 0.3) is 0 Å². The minimum atomic E-state index is -0.100. The van der Waals surface area contributed by atoms with Crippen molar-refractivity contribution in [2.75, 3.05) is 0 Å². The predicted octanol–water partition coefficient (Wildman–Crippen LogP) is 12.1. The molecule has 5 aromatic rings. The Balaban J connectivity index is 1.30. The zero-order chi connectivity index (χ0) is 31.1. The van der Waals surface area contributed by atoms with E-state index < -0.39 is 0 Å². The summed E-state index contributed by atoms with van der Waals surface area (Å²) in [6.07, 6.45) is 8.06.